The summed E-state index contributed by atoms with van der Waals surface area (Å²) in [6.07, 6.45) is 16.3. The lowest BCUT2D eigenvalue weighted by Gasteiger charge is -2.50. The number of piperidine rings is 2. The second-order valence-corrected chi connectivity index (χ2v) is 9.55. The van der Waals surface area contributed by atoms with Crippen molar-refractivity contribution in [2.24, 2.45) is 5.41 Å². The van der Waals surface area contributed by atoms with Gasteiger partial charge in [0.15, 0.2) is 5.78 Å². The minimum atomic E-state index is -0.103. The van der Waals surface area contributed by atoms with Gasteiger partial charge in [-0.3, -0.25) is 4.79 Å². The van der Waals surface area contributed by atoms with Crippen LogP contribution in [0.3, 0.4) is 0 Å². The summed E-state index contributed by atoms with van der Waals surface area (Å²) in [5.41, 5.74) is 1.28. The van der Waals surface area contributed by atoms with Crippen LogP contribution >= 0.6 is 0 Å². The van der Waals surface area contributed by atoms with E-state index in [2.05, 4.69) is 32.3 Å². The van der Waals surface area contributed by atoms with E-state index in [9.17, 15) is 4.79 Å². The van der Waals surface area contributed by atoms with E-state index in [1.807, 2.05) is 12.1 Å². The maximum atomic E-state index is 12.6. The molecule has 2 saturated heterocycles. The predicted molar refractivity (Wildman–Crippen MR) is 116 cm³/mol. The zero-order valence-corrected chi connectivity index (χ0v) is 17.5. The van der Waals surface area contributed by atoms with Gasteiger partial charge >= 0.3 is 0 Å². The first-order valence-electron chi connectivity index (χ1n) is 11.6. The summed E-state index contributed by atoms with van der Waals surface area (Å²) < 4.78 is 0. The topological polar surface area (TPSA) is 48.5 Å². The standard InChI is InChI=1S/C24H34N4O/c29-23(21-6-1-2-13-25-21)19-7-8-22(26-18-19)28-16-11-24(12-17-28)9-14-27(15-10-24)20-4-3-5-20/h1-2,7-8,18,20-21,25H,3-6,9-17H2. The van der Waals surface area contributed by atoms with Gasteiger partial charge in [0.1, 0.15) is 5.82 Å². The highest BCUT2D eigenvalue weighted by Crippen LogP contribution is 2.43. The number of nitrogens with one attached hydrogen (secondary N) is 1. The number of anilines is 1. The fraction of sp³-hybridized carbons (Fsp3) is 0.667. The van der Waals surface area contributed by atoms with Crippen LogP contribution in [0.5, 0.6) is 0 Å². The molecule has 3 fully saturated rings. The van der Waals surface area contributed by atoms with Gasteiger partial charge in [-0.2, -0.15) is 0 Å². The monoisotopic (exact) mass is 394 g/mol. The normalized spacial score (nSPS) is 27.7. The summed E-state index contributed by atoms with van der Waals surface area (Å²) in [6, 6.07) is 4.81. The van der Waals surface area contributed by atoms with E-state index in [-0.39, 0.29) is 11.8 Å². The van der Waals surface area contributed by atoms with Crippen LogP contribution in [-0.4, -0.2) is 60.5 Å². The van der Waals surface area contributed by atoms with Crippen LogP contribution in [0.4, 0.5) is 5.82 Å². The number of aromatic nitrogens is 1. The molecular weight excluding hydrogens is 360 g/mol. The molecule has 1 spiro atoms. The minimum Gasteiger partial charge on any atom is -0.357 e. The van der Waals surface area contributed by atoms with Crippen molar-refractivity contribution >= 4 is 11.6 Å². The number of likely N-dealkylation sites (tertiary alicyclic amines) is 1. The summed E-state index contributed by atoms with van der Waals surface area (Å²) in [5.74, 6) is 1.18. The number of Topliss-reactive ketones (excluding diaryl/α,β-unsaturated/α-hetero) is 1. The van der Waals surface area contributed by atoms with Crippen LogP contribution in [0.1, 0.15) is 61.7 Å². The number of hydrogen-bond acceptors (Lipinski definition) is 5. The quantitative estimate of drug-likeness (QED) is 0.626. The first-order valence-corrected chi connectivity index (χ1v) is 11.6. The molecule has 3 aliphatic heterocycles. The van der Waals surface area contributed by atoms with Gasteiger partial charge in [0.05, 0.1) is 6.04 Å². The van der Waals surface area contributed by atoms with E-state index >= 15 is 0 Å². The number of carbonyl (C=O) groups is 1. The molecule has 1 aliphatic carbocycles. The molecule has 1 saturated carbocycles. The molecule has 5 heteroatoms. The number of ketones is 1. The van der Waals surface area contributed by atoms with Crippen LogP contribution in [0.25, 0.3) is 0 Å². The highest BCUT2D eigenvalue weighted by atomic mass is 16.1. The molecule has 29 heavy (non-hydrogen) atoms. The maximum absolute atomic E-state index is 12.6. The van der Waals surface area contributed by atoms with Crippen LogP contribution in [-0.2, 0) is 0 Å². The van der Waals surface area contributed by atoms with E-state index in [1.54, 1.807) is 6.20 Å². The second kappa shape index (κ2) is 8.19. The molecular formula is C24H34N4O. The lowest BCUT2D eigenvalue weighted by molar-refractivity contribution is 0.0305. The maximum Gasteiger partial charge on any atom is 0.181 e. The molecule has 1 atom stereocenters. The number of pyridine rings is 1. The minimum absolute atomic E-state index is 0.103. The van der Waals surface area contributed by atoms with Gasteiger partial charge in [0.25, 0.3) is 0 Å². The molecule has 0 bridgehead atoms. The largest absolute Gasteiger partial charge is 0.357 e. The average molecular weight is 395 g/mol. The second-order valence-electron chi connectivity index (χ2n) is 9.55. The van der Waals surface area contributed by atoms with Crippen molar-refractivity contribution < 1.29 is 4.79 Å². The molecule has 4 heterocycles. The average Bonchev–Trinajstić information content (AvgIpc) is 2.75. The molecule has 0 amide bonds. The Kier molecular flexibility index (Phi) is 5.44. The molecule has 0 aromatic carbocycles. The fourth-order valence-corrected chi connectivity index (χ4v) is 5.55. The zero-order valence-electron chi connectivity index (χ0n) is 17.5. The molecule has 1 N–H and O–H groups in total. The molecule has 1 unspecified atom stereocenters. The van der Waals surface area contributed by atoms with Crippen molar-refractivity contribution in [2.75, 3.05) is 37.6 Å². The summed E-state index contributed by atoms with van der Waals surface area (Å²) >= 11 is 0. The van der Waals surface area contributed by atoms with E-state index < -0.39 is 0 Å². The van der Waals surface area contributed by atoms with E-state index in [0.717, 1.165) is 43.5 Å². The number of hydrogen-bond donors (Lipinski definition) is 1. The smallest absolute Gasteiger partial charge is 0.181 e. The van der Waals surface area contributed by atoms with Crippen molar-refractivity contribution in [2.45, 2.75) is 63.5 Å². The Morgan fingerprint density at radius 1 is 1.03 bits per heavy atom. The van der Waals surface area contributed by atoms with Crippen LogP contribution in [0.2, 0.25) is 0 Å². The van der Waals surface area contributed by atoms with Crippen molar-refractivity contribution in [1.29, 1.82) is 0 Å². The molecule has 0 radical (unpaired) electrons. The van der Waals surface area contributed by atoms with Gasteiger partial charge in [0, 0.05) is 37.4 Å². The highest BCUT2D eigenvalue weighted by molar-refractivity contribution is 6.00. The molecule has 1 aromatic rings. The summed E-state index contributed by atoms with van der Waals surface area (Å²) in [5, 5.41) is 3.27. The van der Waals surface area contributed by atoms with Gasteiger partial charge < -0.3 is 15.1 Å². The lowest BCUT2D eigenvalue weighted by Crippen LogP contribution is -2.51. The Balaban J connectivity index is 1.15. The molecule has 5 rings (SSSR count). The molecule has 156 valence electrons. The van der Waals surface area contributed by atoms with Gasteiger partial charge in [-0.15, -0.1) is 0 Å². The van der Waals surface area contributed by atoms with Gasteiger partial charge in [-0.25, -0.2) is 4.98 Å². The Bertz CT molecular complexity index is 737. The highest BCUT2D eigenvalue weighted by Gasteiger charge is 2.39. The molecule has 1 aromatic heterocycles. The SMILES string of the molecule is O=C(c1ccc(N2CCC3(CC2)CCN(C2CCC2)CC3)nc1)C1CC=CCN1. The Morgan fingerprint density at radius 3 is 2.38 bits per heavy atom. The Morgan fingerprint density at radius 2 is 1.79 bits per heavy atom. The van der Waals surface area contributed by atoms with Crippen LogP contribution < -0.4 is 10.2 Å². The lowest BCUT2D eigenvalue weighted by atomic mass is 9.70. The van der Waals surface area contributed by atoms with Gasteiger partial charge in [-0.1, -0.05) is 18.6 Å². The van der Waals surface area contributed by atoms with Crippen molar-refractivity contribution in [3.8, 4) is 0 Å². The van der Waals surface area contributed by atoms with Gasteiger partial charge in [0.2, 0.25) is 0 Å². The molecule has 4 aliphatic rings. The zero-order chi connectivity index (χ0) is 19.7. The van der Waals surface area contributed by atoms with Gasteiger partial charge in [-0.05, 0) is 75.6 Å². The summed E-state index contributed by atoms with van der Waals surface area (Å²) in [6.45, 7) is 5.58. The number of carbonyl (C=O) groups excluding carboxylic acids is 1. The third-order valence-corrected chi connectivity index (χ3v) is 7.97. The third-order valence-electron chi connectivity index (χ3n) is 7.97. The van der Waals surface area contributed by atoms with E-state index in [1.165, 1.54) is 58.0 Å². The third kappa shape index (κ3) is 3.99. The Labute approximate surface area is 174 Å². The first-order chi connectivity index (χ1) is 14.2. The van der Waals surface area contributed by atoms with Crippen molar-refractivity contribution in [1.82, 2.24) is 15.2 Å². The van der Waals surface area contributed by atoms with Crippen LogP contribution in [0.15, 0.2) is 30.5 Å². The Hall–Kier alpha value is -1.72. The number of nitrogens with zero attached hydrogens (tertiary/aromatic N) is 3. The van der Waals surface area contributed by atoms with Crippen LogP contribution in [0, 0.1) is 5.41 Å². The molecule has 5 nitrogen and oxygen atoms in total. The number of rotatable bonds is 4. The van der Waals surface area contributed by atoms with Crippen molar-refractivity contribution in [3.05, 3.63) is 36.0 Å². The predicted octanol–water partition coefficient (Wildman–Crippen LogP) is 3.42. The summed E-state index contributed by atoms with van der Waals surface area (Å²) in [4.78, 5) is 22.5. The van der Waals surface area contributed by atoms with E-state index in [4.69, 9.17) is 0 Å². The fourth-order valence-electron chi connectivity index (χ4n) is 5.55. The van der Waals surface area contributed by atoms with E-state index in [0.29, 0.717) is 5.41 Å². The summed E-state index contributed by atoms with van der Waals surface area (Å²) in [7, 11) is 0. The first kappa shape index (κ1) is 19.3. The van der Waals surface area contributed by atoms with Crippen molar-refractivity contribution in [3.63, 3.8) is 0 Å².